The first kappa shape index (κ1) is 15.5. The van der Waals surface area contributed by atoms with E-state index in [1.54, 1.807) is 0 Å². The van der Waals surface area contributed by atoms with E-state index in [0.29, 0.717) is 25.8 Å². The summed E-state index contributed by atoms with van der Waals surface area (Å²) < 4.78 is 11.0. The molecule has 2 rings (SSSR count). The van der Waals surface area contributed by atoms with E-state index in [4.69, 9.17) is 9.47 Å². The highest BCUT2D eigenvalue weighted by Crippen LogP contribution is 2.32. The summed E-state index contributed by atoms with van der Waals surface area (Å²) in [5.74, 6) is 3.66. The van der Waals surface area contributed by atoms with E-state index in [1.165, 1.54) is 0 Å². The molecule has 0 fully saturated rings. The van der Waals surface area contributed by atoms with Crippen molar-refractivity contribution in [1.29, 1.82) is 0 Å². The SMILES string of the molecule is CCSCC(C)NCC(O)c1ccc2c(c1)OCCO2. The van der Waals surface area contributed by atoms with Gasteiger partial charge >= 0.3 is 0 Å². The molecule has 1 aromatic rings. The van der Waals surface area contributed by atoms with Crippen LogP contribution in [-0.2, 0) is 0 Å². The van der Waals surface area contributed by atoms with Crippen LogP contribution in [0.4, 0.5) is 0 Å². The van der Waals surface area contributed by atoms with Gasteiger partial charge in [0, 0.05) is 18.3 Å². The Kier molecular flexibility index (Phi) is 6.01. The van der Waals surface area contributed by atoms with Crippen molar-refractivity contribution in [3.8, 4) is 11.5 Å². The molecule has 4 nitrogen and oxygen atoms in total. The molecule has 1 aliphatic rings. The fraction of sp³-hybridized carbons (Fsp3) is 0.600. The third-order valence-corrected chi connectivity index (χ3v) is 4.33. The Morgan fingerprint density at radius 3 is 2.80 bits per heavy atom. The lowest BCUT2D eigenvalue weighted by atomic mass is 10.1. The van der Waals surface area contributed by atoms with E-state index in [2.05, 4.69) is 19.2 Å². The van der Waals surface area contributed by atoms with Crippen LogP contribution < -0.4 is 14.8 Å². The topological polar surface area (TPSA) is 50.7 Å². The van der Waals surface area contributed by atoms with E-state index < -0.39 is 6.10 Å². The van der Waals surface area contributed by atoms with Gasteiger partial charge < -0.3 is 19.9 Å². The fourth-order valence-corrected chi connectivity index (χ4v) is 2.76. The number of thioether (sulfide) groups is 1. The zero-order valence-corrected chi connectivity index (χ0v) is 12.9. The Bertz CT molecular complexity index is 428. The third-order valence-electron chi connectivity index (χ3n) is 3.18. The van der Waals surface area contributed by atoms with E-state index in [9.17, 15) is 5.11 Å². The first-order valence-corrected chi connectivity index (χ1v) is 8.25. The van der Waals surface area contributed by atoms with Gasteiger partial charge in [-0.05, 0) is 30.4 Å². The molecule has 5 heteroatoms. The Morgan fingerprint density at radius 2 is 2.05 bits per heavy atom. The van der Waals surface area contributed by atoms with Gasteiger partial charge in [-0.15, -0.1) is 0 Å². The van der Waals surface area contributed by atoms with Crippen molar-refractivity contribution in [2.45, 2.75) is 26.0 Å². The fourth-order valence-electron chi connectivity index (χ4n) is 2.05. The van der Waals surface area contributed by atoms with Crippen molar-refractivity contribution >= 4 is 11.8 Å². The van der Waals surface area contributed by atoms with Crippen LogP contribution in [0.2, 0.25) is 0 Å². The van der Waals surface area contributed by atoms with E-state index >= 15 is 0 Å². The molecule has 0 spiro atoms. The second kappa shape index (κ2) is 7.76. The van der Waals surface area contributed by atoms with Gasteiger partial charge in [0.05, 0.1) is 6.10 Å². The lowest BCUT2D eigenvalue weighted by molar-refractivity contribution is 0.162. The molecule has 0 aromatic heterocycles. The lowest BCUT2D eigenvalue weighted by Crippen LogP contribution is -2.32. The average molecular weight is 297 g/mol. The van der Waals surface area contributed by atoms with Crippen LogP contribution in [0.1, 0.15) is 25.5 Å². The number of fused-ring (bicyclic) bond motifs is 1. The van der Waals surface area contributed by atoms with Gasteiger partial charge in [-0.3, -0.25) is 0 Å². The smallest absolute Gasteiger partial charge is 0.161 e. The number of hydrogen-bond donors (Lipinski definition) is 2. The van der Waals surface area contributed by atoms with Crippen LogP contribution in [0.3, 0.4) is 0 Å². The highest BCUT2D eigenvalue weighted by molar-refractivity contribution is 7.99. The van der Waals surface area contributed by atoms with Gasteiger partial charge in [-0.25, -0.2) is 0 Å². The maximum atomic E-state index is 10.2. The van der Waals surface area contributed by atoms with Gasteiger partial charge in [-0.2, -0.15) is 11.8 Å². The molecule has 2 atom stereocenters. The largest absolute Gasteiger partial charge is 0.486 e. The highest BCUT2D eigenvalue weighted by Gasteiger charge is 2.15. The highest BCUT2D eigenvalue weighted by atomic mass is 32.2. The number of ether oxygens (including phenoxy) is 2. The first-order chi connectivity index (χ1) is 9.70. The van der Waals surface area contributed by atoms with Crippen LogP contribution in [0.15, 0.2) is 18.2 Å². The predicted octanol–water partition coefficient (Wildman–Crippen LogP) is 2.22. The van der Waals surface area contributed by atoms with E-state index in [1.807, 2.05) is 30.0 Å². The van der Waals surface area contributed by atoms with Crippen LogP contribution in [-0.4, -0.2) is 42.4 Å². The molecule has 0 radical (unpaired) electrons. The van der Waals surface area contributed by atoms with Crippen LogP contribution in [0.5, 0.6) is 11.5 Å². The Balaban J connectivity index is 1.87. The summed E-state index contributed by atoms with van der Waals surface area (Å²) in [4.78, 5) is 0. The standard InChI is InChI=1S/C15H23NO3S/c1-3-20-10-11(2)16-9-13(17)12-4-5-14-15(8-12)19-7-6-18-14/h4-5,8,11,13,16-17H,3,6-7,9-10H2,1-2H3. The Morgan fingerprint density at radius 1 is 1.30 bits per heavy atom. The van der Waals surface area contributed by atoms with Crippen LogP contribution >= 0.6 is 11.8 Å². The molecule has 2 unspecified atom stereocenters. The van der Waals surface area contributed by atoms with Gasteiger partial charge in [0.15, 0.2) is 11.5 Å². The molecule has 1 heterocycles. The molecule has 20 heavy (non-hydrogen) atoms. The molecule has 1 aliphatic heterocycles. The molecule has 0 amide bonds. The maximum absolute atomic E-state index is 10.2. The quantitative estimate of drug-likeness (QED) is 0.808. The molecular formula is C15H23NO3S. The van der Waals surface area contributed by atoms with Crippen molar-refractivity contribution in [3.63, 3.8) is 0 Å². The predicted molar refractivity (Wildman–Crippen MR) is 82.9 cm³/mol. The molecule has 0 saturated carbocycles. The summed E-state index contributed by atoms with van der Waals surface area (Å²) in [6, 6.07) is 6.02. The van der Waals surface area contributed by atoms with Gasteiger partial charge in [0.1, 0.15) is 13.2 Å². The summed E-state index contributed by atoms with van der Waals surface area (Å²) in [6.45, 7) is 5.99. The minimum absolute atomic E-state index is 0.395. The maximum Gasteiger partial charge on any atom is 0.161 e. The van der Waals surface area contributed by atoms with Crippen LogP contribution in [0.25, 0.3) is 0 Å². The minimum atomic E-state index is -0.528. The molecule has 2 N–H and O–H groups in total. The minimum Gasteiger partial charge on any atom is -0.486 e. The second-order valence-corrected chi connectivity index (χ2v) is 6.21. The van der Waals surface area contributed by atoms with E-state index in [0.717, 1.165) is 28.6 Å². The molecule has 0 saturated heterocycles. The first-order valence-electron chi connectivity index (χ1n) is 7.09. The number of nitrogens with one attached hydrogen (secondary N) is 1. The summed E-state index contributed by atoms with van der Waals surface area (Å²) in [5.41, 5.74) is 0.858. The third kappa shape index (κ3) is 4.30. The lowest BCUT2D eigenvalue weighted by Gasteiger charge is -2.21. The zero-order valence-electron chi connectivity index (χ0n) is 12.1. The number of hydrogen-bond acceptors (Lipinski definition) is 5. The normalized spacial score (nSPS) is 16.8. The summed E-state index contributed by atoms with van der Waals surface area (Å²) in [7, 11) is 0. The van der Waals surface area contributed by atoms with Crippen molar-refractivity contribution in [2.75, 3.05) is 31.3 Å². The van der Waals surface area contributed by atoms with Crippen LogP contribution in [0, 0.1) is 0 Å². The molecule has 1 aromatic carbocycles. The molecular weight excluding hydrogens is 274 g/mol. The summed E-state index contributed by atoms with van der Waals surface area (Å²) in [6.07, 6.45) is -0.528. The van der Waals surface area contributed by atoms with Crippen molar-refractivity contribution in [1.82, 2.24) is 5.32 Å². The van der Waals surface area contributed by atoms with Crippen molar-refractivity contribution in [2.24, 2.45) is 0 Å². The summed E-state index contributed by atoms with van der Waals surface area (Å²) in [5, 5.41) is 13.6. The second-order valence-electron chi connectivity index (χ2n) is 4.89. The number of rotatable bonds is 7. The number of aliphatic hydroxyl groups is 1. The van der Waals surface area contributed by atoms with E-state index in [-0.39, 0.29) is 0 Å². The molecule has 0 aliphatic carbocycles. The number of aliphatic hydroxyl groups excluding tert-OH is 1. The monoisotopic (exact) mass is 297 g/mol. The molecule has 112 valence electrons. The van der Waals surface area contributed by atoms with Gasteiger partial charge in [-0.1, -0.05) is 13.0 Å². The zero-order chi connectivity index (χ0) is 14.4. The Hall–Kier alpha value is -0.910. The number of benzene rings is 1. The Labute approximate surface area is 124 Å². The van der Waals surface area contributed by atoms with Gasteiger partial charge in [0.2, 0.25) is 0 Å². The average Bonchev–Trinajstić information content (AvgIpc) is 2.50. The van der Waals surface area contributed by atoms with Gasteiger partial charge in [0.25, 0.3) is 0 Å². The molecule has 0 bridgehead atoms. The van der Waals surface area contributed by atoms with Crippen molar-refractivity contribution < 1.29 is 14.6 Å². The van der Waals surface area contributed by atoms with Crippen molar-refractivity contribution in [3.05, 3.63) is 23.8 Å². The summed E-state index contributed by atoms with van der Waals surface area (Å²) >= 11 is 1.90.